The van der Waals surface area contributed by atoms with E-state index in [-0.39, 0.29) is 17.9 Å². The third kappa shape index (κ3) is 4.11. The summed E-state index contributed by atoms with van der Waals surface area (Å²) in [5.74, 6) is 0.662. The minimum Gasteiger partial charge on any atom is -0.290 e. The molecule has 0 saturated heterocycles. The lowest BCUT2D eigenvalue weighted by Gasteiger charge is -2.11. The zero-order valence-electron chi connectivity index (χ0n) is 19.0. The summed E-state index contributed by atoms with van der Waals surface area (Å²) in [4.78, 5) is 35.6. The van der Waals surface area contributed by atoms with E-state index < -0.39 is 0 Å². The van der Waals surface area contributed by atoms with Gasteiger partial charge in [-0.15, -0.1) is 0 Å². The number of rotatable bonds is 5. The van der Waals surface area contributed by atoms with E-state index >= 15 is 0 Å². The molecule has 0 atom stereocenters. The molecule has 0 fully saturated rings. The van der Waals surface area contributed by atoms with Crippen LogP contribution >= 0.6 is 0 Å². The molecule has 0 unspecified atom stereocenters. The first-order chi connectivity index (χ1) is 16.5. The Morgan fingerprint density at radius 2 is 1.74 bits per heavy atom. The molecule has 0 saturated carbocycles. The van der Waals surface area contributed by atoms with Gasteiger partial charge in [0, 0.05) is 17.8 Å². The summed E-state index contributed by atoms with van der Waals surface area (Å²) < 4.78 is 1.81. The van der Waals surface area contributed by atoms with Crippen molar-refractivity contribution < 1.29 is 4.79 Å². The largest absolute Gasteiger partial charge is 0.290 e. The van der Waals surface area contributed by atoms with E-state index in [1.807, 2.05) is 61.0 Å². The molecule has 9 nitrogen and oxygen atoms in total. The smallest absolute Gasteiger partial charge is 0.258 e. The zero-order valence-corrected chi connectivity index (χ0v) is 19.0. The van der Waals surface area contributed by atoms with Crippen LogP contribution in [0.5, 0.6) is 0 Å². The van der Waals surface area contributed by atoms with Crippen LogP contribution in [-0.2, 0) is 0 Å². The first-order valence-electron chi connectivity index (χ1n) is 10.9. The summed E-state index contributed by atoms with van der Waals surface area (Å²) in [7, 11) is 0. The van der Waals surface area contributed by atoms with Crippen LogP contribution in [0.1, 0.15) is 36.1 Å². The second-order valence-corrected chi connectivity index (χ2v) is 8.04. The number of hydrogen-bond donors (Lipinski definition) is 1. The summed E-state index contributed by atoms with van der Waals surface area (Å²) in [5.41, 5.74) is 3.26. The Balaban J connectivity index is 1.58. The fourth-order valence-electron chi connectivity index (χ4n) is 3.66. The molecule has 5 rings (SSSR count). The van der Waals surface area contributed by atoms with Gasteiger partial charge >= 0.3 is 0 Å². The maximum absolute atomic E-state index is 13.5. The molecule has 0 aliphatic rings. The summed E-state index contributed by atoms with van der Waals surface area (Å²) in [6.45, 7) is 5.79. The van der Waals surface area contributed by atoms with Crippen LogP contribution in [0.4, 0.5) is 5.95 Å². The maximum atomic E-state index is 13.5. The molecule has 1 N–H and O–H groups in total. The van der Waals surface area contributed by atoms with Crippen molar-refractivity contribution in [3.63, 3.8) is 0 Å². The third-order valence-electron chi connectivity index (χ3n) is 5.24. The van der Waals surface area contributed by atoms with E-state index in [4.69, 9.17) is 4.98 Å². The highest BCUT2D eigenvalue weighted by atomic mass is 16.1. The number of pyridine rings is 2. The standard InChI is InChI=1S/C25H22N8O/c1-15(2)33-23-19(14-27-33)18(13-21(30-23)17-9-5-4-6-10-17)24(34)32-25-29-16(3)28-22(31-25)20-11-7-8-12-26-20/h4-15H,1-3H3,(H,28,29,31,32,34). The summed E-state index contributed by atoms with van der Waals surface area (Å²) >= 11 is 0. The van der Waals surface area contributed by atoms with E-state index in [1.165, 1.54) is 0 Å². The number of fused-ring (bicyclic) bond motifs is 1. The fraction of sp³-hybridized carbons (Fsp3) is 0.160. The third-order valence-corrected chi connectivity index (χ3v) is 5.24. The predicted octanol–water partition coefficient (Wildman–Crippen LogP) is 4.49. The van der Waals surface area contributed by atoms with Gasteiger partial charge < -0.3 is 0 Å². The summed E-state index contributed by atoms with van der Waals surface area (Å²) in [6.07, 6.45) is 3.34. The predicted molar refractivity (Wildman–Crippen MR) is 129 cm³/mol. The molecular weight excluding hydrogens is 428 g/mol. The van der Waals surface area contributed by atoms with Crippen LogP contribution in [0.2, 0.25) is 0 Å². The van der Waals surface area contributed by atoms with E-state index in [0.717, 1.165) is 5.56 Å². The highest BCUT2D eigenvalue weighted by Gasteiger charge is 2.20. The molecule has 0 bridgehead atoms. The number of benzene rings is 1. The van der Waals surface area contributed by atoms with E-state index in [0.29, 0.717) is 39.6 Å². The second kappa shape index (κ2) is 8.78. The Morgan fingerprint density at radius 3 is 2.47 bits per heavy atom. The molecule has 0 aliphatic heterocycles. The van der Waals surface area contributed by atoms with Crippen LogP contribution in [-0.4, -0.2) is 40.6 Å². The normalized spacial score (nSPS) is 11.2. The number of hydrogen-bond acceptors (Lipinski definition) is 7. The van der Waals surface area contributed by atoms with Crippen molar-refractivity contribution in [2.75, 3.05) is 5.32 Å². The van der Waals surface area contributed by atoms with Crippen LogP contribution in [0.25, 0.3) is 33.8 Å². The first kappa shape index (κ1) is 21.3. The monoisotopic (exact) mass is 450 g/mol. The van der Waals surface area contributed by atoms with Crippen molar-refractivity contribution in [3.05, 3.63) is 78.4 Å². The lowest BCUT2D eigenvalue weighted by atomic mass is 10.1. The molecule has 5 aromatic rings. The Bertz CT molecular complexity index is 1480. The van der Waals surface area contributed by atoms with Gasteiger partial charge in [0.05, 0.1) is 22.8 Å². The van der Waals surface area contributed by atoms with E-state index in [9.17, 15) is 4.79 Å². The van der Waals surface area contributed by atoms with Gasteiger partial charge in [0.15, 0.2) is 11.5 Å². The minimum absolute atomic E-state index is 0.0824. The number of aromatic nitrogens is 7. The second-order valence-electron chi connectivity index (χ2n) is 8.04. The lowest BCUT2D eigenvalue weighted by Crippen LogP contribution is -2.16. The molecule has 0 spiro atoms. The average Bonchev–Trinajstić information content (AvgIpc) is 3.28. The van der Waals surface area contributed by atoms with Gasteiger partial charge in [-0.05, 0) is 39.0 Å². The van der Waals surface area contributed by atoms with Gasteiger partial charge in [-0.2, -0.15) is 15.1 Å². The van der Waals surface area contributed by atoms with Crippen molar-refractivity contribution in [3.8, 4) is 22.8 Å². The molecule has 1 aromatic carbocycles. The summed E-state index contributed by atoms with van der Waals surface area (Å²) in [6, 6.07) is 17.1. The molecule has 1 amide bonds. The lowest BCUT2D eigenvalue weighted by molar-refractivity contribution is 0.102. The highest BCUT2D eigenvalue weighted by molar-refractivity contribution is 6.12. The van der Waals surface area contributed by atoms with Crippen LogP contribution in [0, 0.1) is 6.92 Å². The molecule has 34 heavy (non-hydrogen) atoms. The van der Waals surface area contributed by atoms with Crippen molar-refractivity contribution in [2.45, 2.75) is 26.8 Å². The SMILES string of the molecule is Cc1nc(NC(=O)c2cc(-c3ccccc3)nc3c2cnn3C(C)C)nc(-c2ccccn2)n1. The van der Waals surface area contributed by atoms with Crippen LogP contribution in [0.15, 0.2) is 67.0 Å². The molecular formula is C25H22N8O. The van der Waals surface area contributed by atoms with Gasteiger partial charge in [0.1, 0.15) is 11.5 Å². The summed E-state index contributed by atoms with van der Waals surface area (Å²) in [5, 5.41) is 7.95. The number of anilines is 1. The van der Waals surface area contributed by atoms with E-state index in [1.54, 1.807) is 31.5 Å². The number of aryl methyl sites for hydroxylation is 1. The van der Waals surface area contributed by atoms with Crippen LogP contribution < -0.4 is 5.32 Å². The molecule has 4 aromatic heterocycles. The molecule has 4 heterocycles. The van der Waals surface area contributed by atoms with Gasteiger partial charge in [-0.3, -0.25) is 15.1 Å². The Hall–Kier alpha value is -4.53. The zero-order chi connectivity index (χ0) is 23.7. The molecule has 9 heteroatoms. The number of amides is 1. The van der Waals surface area contributed by atoms with Gasteiger partial charge in [-0.25, -0.2) is 14.6 Å². The number of nitrogens with zero attached hydrogens (tertiary/aromatic N) is 7. The Labute approximate surface area is 196 Å². The quantitative estimate of drug-likeness (QED) is 0.420. The van der Waals surface area contributed by atoms with Gasteiger partial charge in [0.25, 0.3) is 5.91 Å². The van der Waals surface area contributed by atoms with Crippen molar-refractivity contribution in [1.82, 2.24) is 34.7 Å². The molecule has 0 radical (unpaired) electrons. The topological polar surface area (TPSA) is 111 Å². The van der Waals surface area contributed by atoms with Crippen molar-refractivity contribution >= 4 is 22.9 Å². The van der Waals surface area contributed by atoms with Gasteiger partial charge in [0.2, 0.25) is 5.95 Å². The fourth-order valence-corrected chi connectivity index (χ4v) is 3.66. The first-order valence-corrected chi connectivity index (χ1v) is 10.9. The van der Waals surface area contributed by atoms with Crippen molar-refractivity contribution in [2.24, 2.45) is 0 Å². The van der Waals surface area contributed by atoms with Crippen LogP contribution in [0.3, 0.4) is 0 Å². The molecule has 168 valence electrons. The highest BCUT2D eigenvalue weighted by Crippen LogP contribution is 2.27. The Morgan fingerprint density at radius 1 is 0.941 bits per heavy atom. The number of nitrogens with one attached hydrogen (secondary N) is 1. The number of carbonyl (C=O) groups excluding carboxylic acids is 1. The Kier molecular flexibility index (Phi) is 5.51. The molecule has 0 aliphatic carbocycles. The van der Waals surface area contributed by atoms with Crippen molar-refractivity contribution in [1.29, 1.82) is 0 Å². The van der Waals surface area contributed by atoms with E-state index in [2.05, 4.69) is 30.4 Å². The van der Waals surface area contributed by atoms with Gasteiger partial charge in [-0.1, -0.05) is 36.4 Å². The average molecular weight is 451 g/mol. The number of carbonyl (C=O) groups is 1. The maximum Gasteiger partial charge on any atom is 0.258 e. The minimum atomic E-state index is -0.356.